The lowest BCUT2D eigenvalue weighted by atomic mass is 9.61. The largest absolute Gasteiger partial charge is 0.508 e. The molecule has 4 bridgehead atoms. The van der Waals surface area contributed by atoms with Gasteiger partial charge in [-0.05, 0) is 177 Å². The third-order valence-corrected chi connectivity index (χ3v) is 20.8. The number of dihydropyridines is 2. The van der Waals surface area contributed by atoms with Crippen molar-refractivity contribution < 1.29 is 49.3 Å². The van der Waals surface area contributed by atoms with Gasteiger partial charge in [0, 0.05) is 54.1 Å². The maximum atomic E-state index is 15.9. The minimum absolute atomic E-state index is 0.0132. The van der Waals surface area contributed by atoms with Crippen LogP contribution in [0.3, 0.4) is 0 Å². The van der Waals surface area contributed by atoms with Gasteiger partial charge in [0.15, 0.2) is 5.43 Å². The van der Waals surface area contributed by atoms with Crippen LogP contribution < -0.4 is 31.8 Å². The zero-order chi connectivity index (χ0) is 55.6. The molecular weight excluding hydrogens is 1010 g/mol. The predicted octanol–water partition coefficient (Wildman–Crippen LogP) is 8.00. The number of allylic oxidation sites excluding steroid dienone is 5. The molecule has 4 aliphatic heterocycles. The Balaban J connectivity index is 1.02. The Morgan fingerprint density at radius 1 is 0.988 bits per heavy atom. The number of carbonyl (C=O) groups excluding carboxylic acids is 1. The van der Waals surface area contributed by atoms with Gasteiger partial charge in [-0.3, -0.25) is 10.1 Å². The molecule has 0 saturated heterocycles. The SMILES string of the molecule is CCNC1C=C2CCC3C4CCc5ccc(O)cc5C(CO)C(C5=CCNC(N)=C54)c4c5c(c(O)c6c(=O)cc(CO)oc46)CC(OC(=O)C4=C(C)CCC6CC(c7cccc(C8(O)CCCC8)c7)CC46O)C(C)(O5)C3CC2=CN1. The number of benzene rings is 3. The summed E-state index contributed by atoms with van der Waals surface area (Å²) in [5, 5.41) is 82.2. The van der Waals surface area contributed by atoms with Crippen LogP contribution in [0, 0.1) is 23.7 Å². The molecule has 0 spiro atoms. The van der Waals surface area contributed by atoms with E-state index in [2.05, 4.69) is 53.4 Å². The second-order valence-electron chi connectivity index (χ2n) is 24.9. The summed E-state index contributed by atoms with van der Waals surface area (Å²) >= 11 is 0. The highest BCUT2D eigenvalue weighted by atomic mass is 16.6. The van der Waals surface area contributed by atoms with E-state index in [-0.39, 0.29) is 75.6 Å². The number of nitrogens with one attached hydrogen (secondary N) is 3. The fraction of sp³-hybridized carbons (Fsp3) is 0.508. The average Bonchev–Trinajstić information content (AvgIpc) is 4.10. The fourth-order valence-corrected chi connectivity index (χ4v) is 16.9. The van der Waals surface area contributed by atoms with Crippen molar-refractivity contribution in [2.24, 2.45) is 29.4 Å². The lowest BCUT2D eigenvalue weighted by Crippen LogP contribution is -2.59. The Morgan fingerprint density at radius 3 is 2.60 bits per heavy atom. The molecule has 11 unspecified atom stereocenters. The smallest absolute Gasteiger partial charge is 0.337 e. The highest BCUT2D eigenvalue weighted by Gasteiger charge is 2.60. The summed E-state index contributed by atoms with van der Waals surface area (Å²) in [5.41, 5.74) is 12.1. The van der Waals surface area contributed by atoms with E-state index < -0.39 is 71.0 Å². The predicted molar refractivity (Wildman–Crippen MR) is 301 cm³/mol. The lowest BCUT2D eigenvalue weighted by Gasteiger charge is -2.52. The van der Waals surface area contributed by atoms with Crippen LogP contribution in [0.5, 0.6) is 17.2 Å². The number of aliphatic hydroxyl groups excluding tert-OH is 2. The van der Waals surface area contributed by atoms with Crippen LogP contribution in [0.1, 0.15) is 155 Å². The topological polar surface area (TPSA) is 249 Å². The lowest BCUT2D eigenvalue weighted by molar-refractivity contribution is -0.172. The van der Waals surface area contributed by atoms with Crippen LogP contribution in [0.25, 0.3) is 11.0 Å². The molecule has 3 fully saturated rings. The maximum Gasteiger partial charge on any atom is 0.337 e. The third-order valence-electron chi connectivity index (χ3n) is 20.8. The number of aryl methyl sites for hydroxylation is 1. The van der Waals surface area contributed by atoms with E-state index in [1.54, 1.807) is 12.1 Å². The molecule has 4 aromatic rings. The first-order valence-electron chi connectivity index (χ1n) is 29.4. The summed E-state index contributed by atoms with van der Waals surface area (Å²) in [5.74, 6) is -3.21. The Labute approximate surface area is 466 Å². The molecule has 5 heterocycles. The van der Waals surface area contributed by atoms with E-state index in [0.717, 1.165) is 64.8 Å². The first-order valence-corrected chi connectivity index (χ1v) is 29.4. The number of esters is 1. The zero-order valence-electron chi connectivity index (χ0n) is 46.1. The van der Waals surface area contributed by atoms with Crippen LogP contribution in [0.15, 0.2) is 115 Å². The Hall–Kier alpha value is -6.36. The molecule has 5 aliphatic carbocycles. The van der Waals surface area contributed by atoms with Gasteiger partial charge >= 0.3 is 5.97 Å². The van der Waals surface area contributed by atoms with Crippen molar-refractivity contribution in [1.29, 1.82) is 0 Å². The number of aromatic hydroxyl groups is 2. The van der Waals surface area contributed by atoms with E-state index in [4.69, 9.17) is 19.6 Å². The van der Waals surface area contributed by atoms with Gasteiger partial charge in [0.1, 0.15) is 63.7 Å². The normalized spacial score (nSPS) is 32.1. The van der Waals surface area contributed by atoms with Gasteiger partial charge in [-0.15, -0.1) is 0 Å². The number of phenols is 2. The zero-order valence-corrected chi connectivity index (χ0v) is 46.1. The number of nitrogens with two attached hydrogens (primary N) is 1. The van der Waals surface area contributed by atoms with Crippen molar-refractivity contribution >= 4 is 16.9 Å². The van der Waals surface area contributed by atoms with Gasteiger partial charge in [0.25, 0.3) is 0 Å². The van der Waals surface area contributed by atoms with Gasteiger partial charge in [-0.1, -0.05) is 61.7 Å². The Morgan fingerprint density at radius 2 is 1.81 bits per heavy atom. The highest BCUT2D eigenvalue weighted by Crippen LogP contribution is 2.62. The maximum absolute atomic E-state index is 15.9. The molecule has 13 rings (SSSR count). The van der Waals surface area contributed by atoms with Crippen molar-refractivity contribution in [2.75, 3.05) is 19.7 Å². The van der Waals surface area contributed by atoms with Crippen LogP contribution in [0.2, 0.25) is 0 Å². The number of fused-ring (bicyclic) bond motifs is 10. The number of rotatable bonds is 8. The van der Waals surface area contributed by atoms with Crippen LogP contribution in [-0.4, -0.2) is 79.8 Å². The van der Waals surface area contributed by atoms with Gasteiger partial charge in [0.2, 0.25) is 0 Å². The minimum atomic E-state index is -1.52. The summed E-state index contributed by atoms with van der Waals surface area (Å²) < 4.78 is 21.6. The molecule has 11 N–H and O–H groups in total. The second-order valence-corrected chi connectivity index (χ2v) is 24.9. The fourth-order valence-electron chi connectivity index (χ4n) is 16.9. The number of ether oxygens (including phenoxy) is 2. The molecule has 0 radical (unpaired) electrons. The average molecular weight is 1090 g/mol. The Bertz CT molecular complexity index is 3440. The van der Waals surface area contributed by atoms with Crippen LogP contribution in [0.4, 0.5) is 0 Å². The molecule has 80 heavy (non-hydrogen) atoms. The van der Waals surface area contributed by atoms with Crippen LogP contribution >= 0.6 is 0 Å². The molecule has 15 nitrogen and oxygen atoms in total. The molecule has 11 atom stereocenters. The summed E-state index contributed by atoms with van der Waals surface area (Å²) in [6.45, 7) is 6.08. The summed E-state index contributed by atoms with van der Waals surface area (Å²) in [6.07, 6.45) is 13.9. The Kier molecular flexibility index (Phi) is 13.2. The number of carbonyl (C=O) groups is 1. The summed E-state index contributed by atoms with van der Waals surface area (Å²) in [6, 6.07) is 14.7. The van der Waals surface area contributed by atoms with Gasteiger partial charge in [-0.2, -0.15) is 0 Å². The molecule has 3 aromatic carbocycles. The molecule has 9 aliphatic rings. The number of hydrogen-bond donors (Lipinski definition) is 10. The van der Waals surface area contributed by atoms with E-state index >= 15 is 4.79 Å². The quantitative estimate of drug-likeness (QED) is 0.0751. The highest BCUT2D eigenvalue weighted by molar-refractivity contribution is 5.94. The van der Waals surface area contributed by atoms with Crippen molar-refractivity contribution in [3.63, 3.8) is 0 Å². The minimum Gasteiger partial charge on any atom is -0.508 e. The number of aliphatic hydroxyl groups is 4. The molecule has 422 valence electrons. The molecule has 15 heteroatoms. The first-order chi connectivity index (χ1) is 38.5. The van der Waals surface area contributed by atoms with Crippen LogP contribution in [-0.2, 0) is 34.6 Å². The van der Waals surface area contributed by atoms with E-state index in [9.17, 15) is 35.4 Å². The van der Waals surface area contributed by atoms with Crippen molar-refractivity contribution in [3.8, 4) is 17.2 Å². The second kappa shape index (κ2) is 20.0. The molecular formula is C65H76N4O11. The van der Waals surface area contributed by atoms with E-state index in [1.807, 2.05) is 32.0 Å². The molecule has 3 saturated carbocycles. The van der Waals surface area contributed by atoms with E-state index in [0.29, 0.717) is 87.7 Å². The number of hydrogen-bond acceptors (Lipinski definition) is 15. The van der Waals surface area contributed by atoms with E-state index in [1.165, 1.54) is 11.6 Å². The van der Waals surface area contributed by atoms with Crippen molar-refractivity contribution in [2.45, 2.75) is 164 Å². The van der Waals surface area contributed by atoms with Crippen molar-refractivity contribution in [1.82, 2.24) is 16.0 Å². The summed E-state index contributed by atoms with van der Waals surface area (Å²) in [4.78, 5) is 30.5. The monoisotopic (exact) mass is 1090 g/mol. The molecule has 0 amide bonds. The van der Waals surface area contributed by atoms with Crippen molar-refractivity contribution in [3.05, 3.63) is 156 Å². The standard InChI is InChI=1S/C65H76N4O11/c1-4-67-52-25-36-13-16-43-44-17-12-34-11-15-41(72)26-46(34)48(32-71)53(45-18-21-68-61(66)54(44)45)56-59-47(58(74)55-50(73)27-42(31-70)78-60(55)56)28-51(63(3,80-59)49(43)24-38(36)30-69-52)79-62(75)57-33(2)10-14-40-23-37(29-65(40,57)77)35-8-7-9-39(22-35)64(76)19-5-6-20-64/h7-9,11,15,18,22,25-27,30,37,40,43-44,48-49,51-53,67-72,74,76-77H,4-6,10,12-14,16-17,19-21,23-24,28-29,31-32,66H2,1-3H3. The number of likely N-dealkylation sites (N-methyl/N-ethyl adjacent to an activating group) is 1. The molecule has 1 aromatic heterocycles. The van der Waals surface area contributed by atoms with Gasteiger partial charge < -0.3 is 60.9 Å². The first kappa shape index (κ1) is 53.0. The van der Waals surface area contributed by atoms with Gasteiger partial charge in [-0.25, -0.2) is 4.79 Å². The third kappa shape index (κ3) is 8.37. The number of phenolic OH excluding ortho intramolecular Hbond substituents is 2. The van der Waals surface area contributed by atoms with Gasteiger partial charge in [0.05, 0.1) is 23.9 Å². The summed E-state index contributed by atoms with van der Waals surface area (Å²) in [7, 11) is 0.